The lowest BCUT2D eigenvalue weighted by molar-refractivity contribution is 1.36. The molecule has 0 aliphatic heterocycles. The predicted octanol–water partition coefficient (Wildman–Crippen LogP) is 0.727. The summed E-state index contributed by atoms with van der Waals surface area (Å²) >= 11 is 0. The van der Waals surface area contributed by atoms with Crippen LogP contribution in [0.15, 0.2) is 18.3 Å². The Morgan fingerprint density at radius 1 is 1.27 bits per heavy atom. The van der Waals surface area contributed by atoms with Crippen LogP contribution in [0.5, 0.6) is 0 Å². The normalized spacial score (nSPS) is 10.5. The Morgan fingerprint density at radius 2 is 2.09 bits per heavy atom. The van der Waals surface area contributed by atoms with Gasteiger partial charge >= 0.3 is 0 Å². The lowest BCUT2D eigenvalue weighted by Gasteiger charge is -1.90. The molecule has 0 aliphatic carbocycles. The average Bonchev–Trinajstić information content (AvgIpc) is 2.27. The quantitative estimate of drug-likeness (QED) is 0.515. The van der Waals surface area contributed by atoms with E-state index in [-0.39, 0.29) is 0 Å². The summed E-state index contributed by atoms with van der Waals surface area (Å²) in [5.41, 5.74) is 11.9. The van der Waals surface area contributed by atoms with Gasteiger partial charge in [0.1, 0.15) is 11.6 Å². The van der Waals surface area contributed by atoms with E-state index in [0.717, 1.165) is 10.9 Å². The van der Waals surface area contributed by atoms with Crippen LogP contribution in [0.4, 0.5) is 11.6 Å². The SMILES string of the molecule is Nc1cc2[nH]c(N)cc2cn1. The molecule has 2 rings (SSSR count). The zero-order chi connectivity index (χ0) is 7.84. The fourth-order valence-electron chi connectivity index (χ4n) is 1.06. The van der Waals surface area contributed by atoms with Gasteiger partial charge in [0.15, 0.2) is 0 Å². The number of aromatic amines is 1. The van der Waals surface area contributed by atoms with Gasteiger partial charge in [0.05, 0.1) is 5.52 Å². The first-order valence-electron chi connectivity index (χ1n) is 3.25. The lowest BCUT2D eigenvalue weighted by atomic mass is 10.3. The lowest BCUT2D eigenvalue weighted by Crippen LogP contribution is -1.87. The molecule has 5 N–H and O–H groups in total. The van der Waals surface area contributed by atoms with Crippen molar-refractivity contribution in [3.05, 3.63) is 18.3 Å². The molecular formula is C7H8N4. The second-order valence-corrected chi connectivity index (χ2v) is 2.42. The highest BCUT2D eigenvalue weighted by Gasteiger charge is 1.97. The van der Waals surface area contributed by atoms with Crippen molar-refractivity contribution in [1.82, 2.24) is 9.97 Å². The number of nitrogen functional groups attached to an aromatic ring is 2. The van der Waals surface area contributed by atoms with Crippen LogP contribution >= 0.6 is 0 Å². The maximum atomic E-state index is 5.52. The van der Waals surface area contributed by atoms with Crippen LogP contribution in [0.1, 0.15) is 0 Å². The van der Waals surface area contributed by atoms with Gasteiger partial charge in [-0.15, -0.1) is 0 Å². The Labute approximate surface area is 63.2 Å². The zero-order valence-corrected chi connectivity index (χ0v) is 5.83. The minimum atomic E-state index is 0.499. The van der Waals surface area contributed by atoms with Gasteiger partial charge in [-0.05, 0) is 6.07 Å². The maximum absolute atomic E-state index is 5.52. The number of fused-ring (bicyclic) bond motifs is 1. The molecule has 0 spiro atoms. The van der Waals surface area contributed by atoms with E-state index in [1.54, 1.807) is 12.3 Å². The van der Waals surface area contributed by atoms with Crippen LogP contribution in [0.25, 0.3) is 10.9 Å². The Morgan fingerprint density at radius 3 is 2.91 bits per heavy atom. The number of H-pyrrole nitrogens is 1. The highest BCUT2D eigenvalue weighted by molar-refractivity contribution is 5.84. The third-order valence-corrected chi connectivity index (χ3v) is 1.55. The molecule has 56 valence electrons. The van der Waals surface area contributed by atoms with Gasteiger partial charge in [-0.1, -0.05) is 0 Å². The molecule has 0 unspecified atom stereocenters. The van der Waals surface area contributed by atoms with Crippen LogP contribution in [-0.2, 0) is 0 Å². The molecule has 0 atom stereocenters. The van der Waals surface area contributed by atoms with Crippen LogP contribution < -0.4 is 11.5 Å². The molecular weight excluding hydrogens is 140 g/mol. The van der Waals surface area contributed by atoms with Crippen LogP contribution in [0.2, 0.25) is 0 Å². The molecule has 11 heavy (non-hydrogen) atoms. The van der Waals surface area contributed by atoms with Gasteiger partial charge in [-0.2, -0.15) is 0 Å². The largest absolute Gasteiger partial charge is 0.385 e. The summed E-state index contributed by atoms with van der Waals surface area (Å²) in [5.74, 6) is 1.13. The molecule has 0 fully saturated rings. The first-order chi connectivity index (χ1) is 5.25. The first kappa shape index (κ1) is 6.03. The Balaban J connectivity index is 2.82. The van der Waals surface area contributed by atoms with Crippen molar-refractivity contribution in [3.8, 4) is 0 Å². The molecule has 0 aliphatic rings. The minimum Gasteiger partial charge on any atom is -0.385 e. The van der Waals surface area contributed by atoms with Crippen LogP contribution in [0.3, 0.4) is 0 Å². The van der Waals surface area contributed by atoms with E-state index in [9.17, 15) is 0 Å². The Bertz CT molecular complexity index is 390. The van der Waals surface area contributed by atoms with Gasteiger partial charge in [0, 0.05) is 17.6 Å². The Kier molecular flexibility index (Phi) is 1.03. The summed E-state index contributed by atoms with van der Waals surface area (Å²) in [6.45, 7) is 0. The van der Waals surface area contributed by atoms with Gasteiger partial charge in [-0.3, -0.25) is 0 Å². The number of pyridine rings is 1. The number of nitrogens with two attached hydrogens (primary N) is 2. The third-order valence-electron chi connectivity index (χ3n) is 1.55. The van der Waals surface area contributed by atoms with Crippen molar-refractivity contribution in [1.29, 1.82) is 0 Å². The number of aromatic nitrogens is 2. The molecule has 0 aromatic carbocycles. The summed E-state index contributed by atoms with van der Waals surface area (Å²) in [6, 6.07) is 3.58. The van der Waals surface area contributed by atoms with Crippen molar-refractivity contribution in [2.75, 3.05) is 11.5 Å². The standard InChI is InChI=1S/C7H8N4/c8-6-2-5-4(3-10-6)1-7(9)11-5/h1-3,11H,9H2,(H2,8,10). The molecule has 4 nitrogen and oxygen atoms in total. The monoisotopic (exact) mass is 148 g/mol. The fourth-order valence-corrected chi connectivity index (χ4v) is 1.06. The molecule has 2 aromatic heterocycles. The number of anilines is 2. The minimum absolute atomic E-state index is 0.499. The summed E-state index contributed by atoms with van der Waals surface area (Å²) in [6.07, 6.45) is 1.69. The van der Waals surface area contributed by atoms with Crippen LogP contribution in [-0.4, -0.2) is 9.97 Å². The van der Waals surface area contributed by atoms with Crippen LogP contribution in [0, 0.1) is 0 Å². The molecule has 0 saturated heterocycles. The topological polar surface area (TPSA) is 80.7 Å². The molecule has 2 heterocycles. The smallest absolute Gasteiger partial charge is 0.125 e. The summed E-state index contributed by atoms with van der Waals surface area (Å²) in [5, 5.41) is 0.983. The number of nitrogens with zero attached hydrogens (tertiary/aromatic N) is 1. The Hall–Kier alpha value is -1.71. The second kappa shape index (κ2) is 1.88. The summed E-state index contributed by atoms with van der Waals surface area (Å²) in [4.78, 5) is 6.88. The number of hydrogen-bond donors (Lipinski definition) is 3. The predicted molar refractivity (Wildman–Crippen MR) is 44.9 cm³/mol. The average molecular weight is 148 g/mol. The van der Waals surface area contributed by atoms with E-state index >= 15 is 0 Å². The second-order valence-electron chi connectivity index (χ2n) is 2.42. The molecule has 2 aromatic rings. The highest BCUT2D eigenvalue weighted by atomic mass is 14.9. The number of nitrogens with one attached hydrogen (secondary N) is 1. The van der Waals surface area contributed by atoms with E-state index in [2.05, 4.69) is 9.97 Å². The van der Waals surface area contributed by atoms with E-state index < -0.39 is 0 Å². The first-order valence-corrected chi connectivity index (χ1v) is 3.25. The van der Waals surface area contributed by atoms with Crippen molar-refractivity contribution in [2.24, 2.45) is 0 Å². The molecule has 0 radical (unpaired) electrons. The fraction of sp³-hybridized carbons (Fsp3) is 0. The maximum Gasteiger partial charge on any atom is 0.125 e. The van der Waals surface area contributed by atoms with Crippen molar-refractivity contribution >= 4 is 22.5 Å². The summed E-state index contributed by atoms with van der Waals surface area (Å²) < 4.78 is 0. The molecule has 4 heteroatoms. The highest BCUT2D eigenvalue weighted by Crippen LogP contribution is 2.16. The molecule has 0 amide bonds. The van der Waals surface area contributed by atoms with Gasteiger partial charge in [-0.25, -0.2) is 4.98 Å². The van der Waals surface area contributed by atoms with E-state index in [1.165, 1.54) is 0 Å². The van der Waals surface area contributed by atoms with Gasteiger partial charge in [0.2, 0.25) is 0 Å². The zero-order valence-electron chi connectivity index (χ0n) is 5.83. The number of hydrogen-bond acceptors (Lipinski definition) is 3. The third kappa shape index (κ3) is 0.881. The molecule has 0 bridgehead atoms. The van der Waals surface area contributed by atoms with E-state index in [0.29, 0.717) is 11.6 Å². The number of rotatable bonds is 0. The van der Waals surface area contributed by atoms with Gasteiger partial charge < -0.3 is 16.5 Å². The van der Waals surface area contributed by atoms with Gasteiger partial charge in [0.25, 0.3) is 0 Å². The van der Waals surface area contributed by atoms with Crippen molar-refractivity contribution in [3.63, 3.8) is 0 Å². The van der Waals surface area contributed by atoms with E-state index in [4.69, 9.17) is 11.5 Å². The molecule has 0 saturated carbocycles. The van der Waals surface area contributed by atoms with E-state index in [1.807, 2.05) is 6.07 Å². The van der Waals surface area contributed by atoms with Crippen molar-refractivity contribution < 1.29 is 0 Å². The summed E-state index contributed by atoms with van der Waals surface area (Å²) in [7, 11) is 0. The van der Waals surface area contributed by atoms with Crippen molar-refractivity contribution in [2.45, 2.75) is 0 Å².